The van der Waals surface area contributed by atoms with Crippen molar-refractivity contribution in [1.82, 2.24) is 5.16 Å². The summed E-state index contributed by atoms with van der Waals surface area (Å²) in [4.78, 5) is 0. The maximum atomic E-state index is 5.49. The standard InChI is InChI=1S/C15H18N2O3/c1-18-12-8-5-7-10(14(12)19-2)13-11-6-3-4-9-16-15(11)20-17-13/h5,7-8,16H,3-4,6,9H2,1-2H3. The molecule has 1 aliphatic rings. The van der Waals surface area contributed by atoms with Crippen molar-refractivity contribution in [2.45, 2.75) is 19.3 Å². The highest BCUT2D eigenvalue weighted by atomic mass is 16.5. The number of anilines is 1. The van der Waals surface area contributed by atoms with Gasteiger partial charge in [0.15, 0.2) is 11.5 Å². The Morgan fingerprint density at radius 1 is 1.20 bits per heavy atom. The van der Waals surface area contributed by atoms with Crippen LogP contribution in [0, 0.1) is 0 Å². The topological polar surface area (TPSA) is 56.5 Å². The first-order chi connectivity index (χ1) is 9.85. The van der Waals surface area contributed by atoms with Gasteiger partial charge >= 0.3 is 0 Å². The zero-order valence-corrected chi connectivity index (χ0v) is 11.7. The molecule has 5 heteroatoms. The van der Waals surface area contributed by atoms with Crippen LogP contribution >= 0.6 is 0 Å². The van der Waals surface area contributed by atoms with Crippen molar-refractivity contribution in [2.24, 2.45) is 0 Å². The van der Waals surface area contributed by atoms with E-state index in [2.05, 4.69) is 10.5 Å². The summed E-state index contributed by atoms with van der Waals surface area (Å²) in [5.41, 5.74) is 2.86. The fourth-order valence-electron chi connectivity index (χ4n) is 2.59. The van der Waals surface area contributed by atoms with Crippen LogP contribution in [0.25, 0.3) is 11.3 Å². The lowest BCUT2D eigenvalue weighted by atomic mass is 10.0. The van der Waals surface area contributed by atoms with Crippen LogP contribution in [-0.2, 0) is 6.42 Å². The summed E-state index contributed by atoms with van der Waals surface area (Å²) in [5.74, 6) is 2.17. The van der Waals surface area contributed by atoms with Gasteiger partial charge in [-0.05, 0) is 31.4 Å². The first-order valence-corrected chi connectivity index (χ1v) is 6.79. The molecule has 1 aromatic heterocycles. The molecule has 2 aromatic rings. The zero-order valence-electron chi connectivity index (χ0n) is 11.7. The molecule has 2 heterocycles. The molecular weight excluding hydrogens is 256 g/mol. The first-order valence-electron chi connectivity index (χ1n) is 6.79. The number of nitrogens with zero attached hydrogens (tertiary/aromatic N) is 1. The summed E-state index contributed by atoms with van der Waals surface area (Å²) in [6, 6.07) is 5.78. The normalized spacial score (nSPS) is 14.1. The lowest BCUT2D eigenvalue weighted by Crippen LogP contribution is -1.97. The van der Waals surface area contributed by atoms with Gasteiger partial charge in [0.25, 0.3) is 0 Å². The number of benzene rings is 1. The Bertz CT molecular complexity index is 607. The molecule has 0 aliphatic carbocycles. The quantitative estimate of drug-likeness (QED) is 0.932. The molecule has 5 nitrogen and oxygen atoms in total. The fourth-order valence-corrected chi connectivity index (χ4v) is 2.59. The van der Waals surface area contributed by atoms with Gasteiger partial charge in [0.1, 0.15) is 5.69 Å². The van der Waals surface area contributed by atoms with E-state index in [0.29, 0.717) is 11.5 Å². The smallest absolute Gasteiger partial charge is 0.228 e. The van der Waals surface area contributed by atoms with Gasteiger partial charge in [0.05, 0.1) is 14.2 Å². The van der Waals surface area contributed by atoms with Crippen LogP contribution in [0.4, 0.5) is 5.88 Å². The summed E-state index contributed by atoms with van der Waals surface area (Å²) >= 11 is 0. The van der Waals surface area contributed by atoms with E-state index in [1.54, 1.807) is 14.2 Å². The Kier molecular flexibility index (Phi) is 3.50. The van der Waals surface area contributed by atoms with E-state index in [4.69, 9.17) is 14.0 Å². The summed E-state index contributed by atoms with van der Waals surface area (Å²) in [6.45, 7) is 0.927. The van der Waals surface area contributed by atoms with Gasteiger partial charge in [0, 0.05) is 17.7 Å². The van der Waals surface area contributed by atoms with Gasteiger partial charge in [-0.3, -0.25) is 0 Å². The highest BCUT2D eigenvalue weighted by Crippen LogP contribution is 2.41. The molecule has 0 saturated heterocycles. The van der Waals surface area contributed by atoms with Gasteiger partial charge in [-0.25, -0.2) is 0 Å². The third-order valence-electron chi connectivity index (χ3n) is 3.59. The minimum absolute atomic E-state index is 0.690. The minimum atomic E-state index is 0.690. The highest BCUT2D eigenvalue weighted by molar-refractivity contribution is 5.76. The van der Waals surface area contributed by atoms with Crippen molar-refractivity contribution in [2.75, 3.05) is 26.1 Å². The van der Waals surface area contributed by atoms with E-state index in [-0.39, 0.29) is 0 Å². The molecule has 1 N–H and O–H groups in total. The van der Waals surface area contributed by atoms with Gasteiger partial charge < -0.3 is 19.3 Å². The van der Waals surface area contributed by atoms with Crippen LogP contribution in [0.1, 0.15) is 18.4 Å². The van der Waals surface area contributed by atoms with Crippen molar-refractivity contribution in [3.8, 4) is 22.8 Å². The molecule has 0 saturated carbocycles. The summed E-state index contributed by atoms with van der Waals surface area (Å²) in [5, 5.41) is 7.50. The molecule has 0 atom stereocenters. The van der Waals surface area contributed by atoms with Crippen molar-refractivity contribution in [3.63, 3.8) is 0 Å². The molecule has 0 radical (unpaired) electrons. The molecule has 0 fully saturated rings. The van der Waals surface area contributed by atoms with E-state index >= 15 is 0 Å². The fraction of sp³-hybridized carbons (Fsp3) is 0.400. The number of hydrogen-bond acceptors (Lipinski definition) is 5. The second-order valence-corrected chi connectivity index (χ2v) is 4.76. The van der Waals surface area contributed by atoms with Gasteiger partial charge in [-0.2, -0.15) is 0 Å². The summed E-state index contributed by atoms with van der Waals surface area (Å²) in [6.07, 6.45) is 3.22. The van der Waals surface area contributed by atoms with Gasteiger partial charge in [-0.15, -0.1) is 0 Å². The maximum Gasteiger partial charge on any atom is 0.228 e. The van der Waals surface area contributed by atoms with E-state index in [1.165, 1.54) is 0 Å². The van der Waals surface area contributed by atoms with Crippen LogP contribution in [0.15, 0.2) is 22.7 Å². The Morgan fingerprint density at radius 3 is 2.90 bits per heavy atom. The van der Waals surface area contributed by atoms with Crippen molar-refractivity contribution >= 4 is 5.88 Å². The average molecular weight is 274 g/mol. The second-order valence-electron chi connectivity index (χ2n) is 4.76. The molecule has 1 aromatic carbocycles. The number of nitrogens with one attached hydrogen (secondary N) is 1. The molecule has 0 spiro atoms. The summed E-state index contributed by atoms with van der Waals surface area (Å²) < 4.78 is 16.3. The average Bonchev–Trinajstić information content (AvgIpc) is 2.74. The Morgan fingerprint density at radius 2 is 2.10 bits per heavy atom. The van der Waals surface area contributed by atoms with Crippen molar-refractivity contribution in [1.29, 1.82) is 0 Å². The SMILES string of the molecule is COc1cccc(-c2noc3c2CCCCN3)c1OC. The summed E-state index contributed by atoms with van der Waals surface area (Å²) in [7, 11) is 3.27. The third-order valence-corrected chi connectivity index (χ3v) is 3.59. The molecule has 1 aliphatic heterocycles. The largest absolute Gasteiger partial charge is 0.493 e. The van der Waals surface area contributed by atoms with Crippen LogP contribution < -0.4 is 14.8 Å². The van der Waals surface area contributed by atoms with Crippen molar-refractivity contribution in [3.05, 3.63) is 23.8 Å². The van der Waals surface area contributed by atoms with E-state index in [1.807, 2.05) is 18.2 Å². The molecular formula is C15H18N2O3. The van der Waals surface area contributed by atoms with Crippen LogP contribution in [0.5, 0.6) is 11.5 Å². The minimum Gasteiger partial charge on any atom is -0.493 e. The number of aromatic nitrogens is 1. The molecule has 0 bridgehead atoms. The van der Waals surface area contributed by atoms with Crippen molar-refractivity contribution < 1.29 is 14.0 Å². The van der Waals surface area contributed by atoms with E-state index in [9.17, 15) is 0 Å². The Labute approximate surface area is 117 Å². The van der Waals surface area contributed by atoms with E-state index < -0.39 is 0 Å². The first kappa shape index (κ1) is 12.8. The number of hydrogen-bond donors (Lipinski definition) is 1. The predicted molar refractivity (Wildman–Crippen MR) is 76.5 cm³/mol. The predicted octanol–water partition coefficient (Wildman–Crippen LogP) is 3.11. The lowest BCUT2D eigenvalue weighted by Gasteiger charge is -2.11. The number of fused-ring (bicyclic) bond motifs is 1. The monoisotopic (exact) mass is 274 g/mol. The van der Waals surface area contributed by atoms with Crippen LogP contribution in [0.2, 0.25) is 0 Å². The number of methoxy groups -OCH3 is 2. The number of para-hydroxylation sites is 1. The molecule has 3 rings (SSSR count). The van der Waals surface area contributed by atoms with Gasteiger partial charge in [0.2, 0.25) is 5.88 Å². The number of ether oxygens (including phenoxy) is 2. The molecule has 106 valence electrons. The number of rotatable bonds is 3. The van der Waals surface area contributed by atoms with Gasteiger partial charge in [-0.1, -0.05) is 11.2 Å². The maximum absolute atomic E-state index is 5.49. The van der Waals surface area contributed by atoms with E-state index in [0.717, 1.165) is 48.5 Å². The van der Waals surface area contributed by atoms with Crippen LogP contribution in [0.3, 0.4) is 0 Å². The highest BCUT2D eigenvalue weighted by Gasteiger charge is 2.22. The Balaban J connectivity index is 2.12. The molecule has 0 amide bonds. The lowest BCUT2D eigenvalue weighted by molar-refractivity contribution is 0.355. The molecule has 0 unspecified atom stereocenters. The second kappa shape index (κ2) is 5.45. The zero-order chi connectivity index (χ0) is 13.9. The van der Waals surface area contributed by atoms with Crippen LogP contribution in [-0.4, -0.2) is 25.9 Å². The Hall–Kier alpha value is -2.17. The molecule has 20 heavy (non-hydrogen) atoms. The third kappa shape index (κ3) is 2.09.